The zero-order chi connectivity index (χ0) is 19.3. The molecule has 0 unspecified atom stereocenters. The highest BCUT2D eigenvalue weighted by atomic mass is 32.2. The molecule has 0 aliphatic rings. The number of aryl methyl sites for hydroxylation is 1. The molecule has 1 heterocycles. The maximum Gasteiger partial charge on any atom is 0.246 e. The normalized spacial score (nSPS) is 11.8. The summed E-state index contributed by atoms with van der Waals surface area (Å²) in [6, 6.07) is 19.2. The zero-order valence-electron chi connectivity index (χ0n) is 15.7. The Kier molecular flexibility index (Phi) is 6.08. The van der Waals surface area contributed by atoms with Gasteiger partial charge in [0, 0.05) is 13.1 Å². The lowest BCUT2D eigenvalue weighted by molar-refractivity contribution is 0.397. The van der Waals surface area contributed by atoms with Gasteiger partial charge in [-0.2, -0.15) is 9.40 Å². The van der Waals surface area contributed by atoms with E-state index in [1.807, 2.05) is 60.7 Å². The summed E-state index contributed by atoms with van der Waals surface area (Å²) < 4.78 is 29.9. The molecule has 142 valence electrons. The van der Waals surface area contributed by atoms with Crippen LogP contribution >= 0.6 is 0 Å². The first-order valence-electron chi connectivity index (χ1n) is 9.18. The summed E-state index contributed by atoms with van der Waals surface area (Å²) in [5.74, 6) is 0. The molecular weight excluding hydrogens is 358 g/mol. The third kappa shape index (κ3) is 4.46. The second-order valence-corrected chi connectivity index (χ2v) is 8.44. The summed E-state index contributed by atoms with van der Waals surface area (Å²) in [6.45, 7) is 4.65. The molecule has 0 aliphatic heterocycles. The second kappa shape index (κ2) is 8.50. The largest absolute Gasteiger partial charge is 0.246 e. The summed E-state index contributed by atoms with van der Waals surface area (Å²) in [4.78, 5) is 0.262. The van der Waals surface area contributed by atoms with Crippen LogP contribution in [0.5, 0.6) is 0 Å². The van der Waals surface area contributed by atoms with Gasteiger partial charge in [0.15, 0.2) is 0 Å². The SMILES string of the molecule is CCCCN(Cc1ccccc1)S(=O)(=O)c1cn(-c2ccccc2)nc1C. The standard InChI is InChI=1S/C21H25N3O2S/c1-3-4-15-23(16-19-11-7-5-8-12-19)27(25,26)21-17-24(22-18(21)2)20-13-9-6-10-14-20/h5-14,17H,3-4,15-16H2,1-2H3. The fourth-order valence-electron chi connectivity index (χ4n) is 2.96. The maximum atomic E-state index is 13.4. The fourth-order valence-corrected chi connectivity index (χ4v) is 4.57. The summed E-state index contributed by atoms with van der Waals surface area (Å²) in [7, 11) is -3.64. The van der Waals surface area contributed by atoms with Crippen LogP contribution in [0.25, 0.3) is 5.69 Å². The van der Waals surface area contributed by atoms with Crippen molar-refractivity contribution in [3.05, 3.63) is 78.1 Å². The minimum absolute atomic E-state index is 0.262. The van der Waals surface area contributed by atoms with E-state index in [9.17, 15) is 8.42 Å². The Bertz CT molecular complexity index is 967. The van der Waals surface area contributed by atoms with Crippen LogP contribution in [0.3, 0.4) is 0 Å². The lowest BCUT2D eigenvalue weighted by atomic mass is 10.2. The second-order valence-electron chi connectivity index (χ2n) is 6.54. The number of aromatic nitrogens is 2. The Hall–Kier alpha value is -2.44. The van der Waals surface area contributed by atoms with Crippen LogP contribution < -0.4 is 0 Å². The van der Waals surface area contributed by atoms with Gasteiger partial charge in [-0.1, -0.05) is 61.9 Å². The van der Waals surface area contributed by atoms with E-state index in [2.05, 4.69) is 12.0 Å². The van der Waals surface area contributed by atoms with Crippen molar-refractivity contribution in [1.29, 1.82) is 0 Å². The van der Waals surface area contributed by atoms with Gasteiger partial charge in [0.05, 0.1) is 17.6 Å². The lowest BCUT2D eigenvalue weighted by Crippen LogP contribution is -2.31. The smallest absolute Gasteiger partial charge is 0.239 e. The molecule has 0 saturated carbocycles. The molecule has 5 nitrogen and oxygen atoms in total. The first-order valence-corrected chi connectivity index (χ1v) is 10.6. The van der Waals surface area contributed by atoms with Crippen LogP contribution in [-0.2, 0) is 16.6 Å². The Morgan fingerprint density at radius 1 is 1.00 bits per heavy atom. The van der Waals surface area contributed by atoms with E-state index in [4.69, 9.17) is 0 Å². The first kappa shape index (κ1) is 19.3. The molecule has 1 aromatic heterocycles. The maximum absolute atomic E-state index is 13.4. The van der Waals surface area contributed by atoms with Gasteiger partial charge in [-0.3, -0.25) is 0 Å². The van der Waals surface area contributed by atoms with Crippen LogP contribution in [0.1, 0.15) is 31.0 Å². The van der Waals surface area contributed by atoms with Crippen LogP contribution in [-0.4, -0.2) is 29.0 Å². The number of sulfonamides is 1. The summed E-state index contributed by atoms with van der Waals surface area (Å²) in [5.41, 5.74) is 2.32. The quantitative estimate of drug-likeness (QED) is 0.587. The average molecular weight is 384 g/mol. The van der Waals surface area contributed by atoms with Crippen LogP contribution in [0.15, 0.2) is 71.8 Å². The van der Waals surface area contributed by atoms with Gasteiger partial charge in [-0.25, -0.2) is 13.1 Å². The predicted octanol–water partition coefficient (Wildman–Crippen LogP) is 4.17. The van der Waals surface area contributed by atoms with E-state index in [1.54, 1.807) is 22.1 Å². The predicted molar refractivity (Wildman–Crippen MR) is 107 cm³/mol. The summed E-state index contributed by atoms with van der Waals surface area (Å²) >= 11 is 0. The van der Waals surface area contributed by atoms with Crippen molar-refractivity contribution in [2.75, 3.05) is 6.54 Å². The van der Waals surface area contributed by atoms with Crippen LogP contribution in [0, 0.1) is 6.92 Å². The number of hydrogen-bond donors (Lipinski definition) is 0. The average Bonchev–Trinajstić information content (AvgIpc) is 3.09. The minimum Gasteiger partial charge on any atom is -0.239 e. The highest BCUT2D eigenvalue weighted by molar-refractivity contribution is 7.89. The molecule has 0 fully saturated rings. The molecule has 3 rings (SSSR count). The topological polar surface area (TPSA) is 55.2 Å². The molecule has 0 spiro atoms. The third-order valence-corrected chi connectivity index (χ3v) is 6.40. The third-order valence-electron chi connectivity index (χ3n) is 4.46. The zero-order valence-corrected chi connectivity index (χ0v) is 16.6. The molecule has 0 atom stereocenters. The van der Waals surface area contributed by atoms with Crippen molar-refractivity contribution < 1.29 is 8.42 Å². The molecule has 0 N–H and O–H groups in total. The Balaban J connectivity index is 1.95. The van der Waals surface area contributed by atoms with Gasteiger partial charge in [-0.05, 0) is 31.0 Å². The van der Waals surface area contributed by atoms with Gasteiger partial charge in [-0.15, -0.1) is 0 Å². The van der Waals surface area contributed by atoms with Crippen molar-refractivity contribution in [3.8, 4) is 5.69 Å². The van der Waals surface area contributed by atoms with E-state index < -0.39 is 10.0 Å². The van der Waals surface area contributed by atoms with Gasteiger partial charge < -0.3 is 0 Å². The molecule has 0 bridgehead atoms. The van der Waals surface area contributed by atoms with Crippen LogP contribution in [0.2, 0.25) is 0 Å². The number of rotatable bonds is 8. The van der Waals surface area contributed by atoms with Gasteiger partial charge >= 0.3 is 0 Å². The number of para-hydroxylation sites is 1. The Morgan fingerprint density at radius 2 is 1.63 bits per heavy atom. The van der Waals surface area contributed by atoms with Crippen molar-refractivity contribution in [1.82, 2.24) is 14.1 Å². The molecular formula is C21H25N3O2S. The monoisotopic (exact) mass is 383 g/mol. The van der Waals surface area contributed by atoms with E-state index in [0.29, 0.717) is 18.8 Å². The van der Waals surface area contributed by atoms with Gasteiger partial charge in [0.25, 0.3) is 0 Å². The van der Waals surface area contributed by atoms with Gasteiger partial charge in [0.2, 0.25) is 10.0 Å². The molecule has 0 radical (unpaired) electrons. The Morgan fingerprint density at radius 3 is 2.26 bits per heavy atom. The summed E-state index contributed by atoms with van der Waals surface area (Å²) in [6.07, 6.45) is 3.37. The van der Waals surface area contributed by atoms with E-state index in [-0.39, 0.29) is 4.90 Å². The molecule has 0 amide bonds. The highest BCUT2D eigenvalue weighted by Crippen LogP contribution is 2.23. The Labute approximate surface area is 161 Å². The van der Waals surface area contributed by atoms with Gasteiger partial charge in [0.1, 0.15) is 4.90 Å². The summed E-state index contributed by atoms with van der Waals surface area (Å²) in [5, 5.41) is 4.43. The molecule has 3 aromatic rings. The van der Waals surface area contributed by atoms with E-state index in [0.717, 1.165) is 24.1 Å². The van der Waals surface area contributed by atoms with Crippen LogP contribution in [0.4, 0.5) is 0 Å². The number of benzene rings is 2. The number of nitrogens with zero attached hydrogens (tertiary/aromatic N) is 3. The first-order chi connectivity index (χ1) is 13.0. The minimum atomic E-state index is -3.64. The lowest BCUT2D eigenvalue weighted by Gasteiger charge is -2.21. The van der Waals surface area contributed by atoms with Crippen molar-refractivity contribution in [2.24, 2.45) is 0 Å². The van der Waals surface area contributed by atoms with E-state index in [1.165, 1.54) is 0 Å². The van der Waals surface area contributed by atoms with E-state index >= 15 is 0 Å². The number of hydrogen-bond acceptors (Lipinski definition) is 3. The molecule has 0 saturated heterocycles. The highest BCUT2D eigenvalue weighted by Gasteiger charge is 2.28. The molecule has 2 aromatic carbocycles. The van der Waals surface area contributed by atoms with Crippen molar-refractivity contribution >= 4 is 10.0 Å². The van der Waals surface area contributed by atoms with Crippen molar-refractivity contribution in [3.63, 3.8) is 0 Å². The molecule has 0 aliphatic carbocycles. The fraction of sp³-hybridized carbons (Fsp3) is 0.286. The number of unbranched alkanes of at least 4 members (excludes halogenated alkanes) is 1. The molecule has 27 heavy (non-hydrogen) atoms. The molecule has 6 heteroatoms. The van der Waals surface area contributed by atoms with Crippen molar-refractivity contribution in [2.45, 2.75) is 38.1 Å².